The topological polar surface area (TPSA) is 74.6 Å². The molecule has 0 radical (unpaired) electrons. The van der Waals surface area contributed by atoms with Crippen molar-refractivity contribution in [1.29, 1.82) is 0 Å². The summed E-state index contributed by atoms with van der Waals surface area (Å²) in [5, 5.41) is 12.6. The third kappa shape index (κ3) is 3.86. The molecule has 33 heavy (non-hydrogen) atoms. The molecule has 2 N–H and O–H groups in total. The van der Waals surface area contributed by atoms with Crippen LogP contribution >= 0.6 is 0 Å². The third-order valence-corrected chi connectivity index (χ3v) is 6.58. The van der Waals surface area contributed by atoms with Gasteiger partial charge in [-0.2, -0.15) is 0 Å². The van der Waals surface area contributed by atoms with Crippen LogP contribution < -0.4 is 15.6 Å². The largest absolute Gasteiger partial charge is 0.477 e. The first kappa shape index (κ1) is 22.8. The average molecular weight is 459 g/mol. The van der Waals surface area contributed by atoms with Crippen LogP contribution in [0.5, 0.6) is 0 Å². The second-order valence-corrected chi connectivity index (χ2v) is 8.44. The van der Waals surface area contributed by atoms with Gasteiger partial charge in [-0.05, 0) is 51.4 Å². The number of hydrogen-bond donors (Lipinski definition) is 2. The Morgan fingerprint density at radius 1 is 1.21 bits per heavy atom. The van der Waals surface area contributed by atoms with E-state index in [4.69, 9.17) is 0 Å². The lowest BCUT2D eigenvalue weighted by Crippen LogP contribution is -2.33. The highest BCUT2D eigenvalue weighted by atomic mass is 19.1. The molecule has 0 saturated carbocycles. The molecule has 1 fully saturated rings. The predicted molar refractivity (Wildman–Crippen MR) is 120 cm³/mol. The van der Waals surface area contributed by atoms with Crippen molar-refractivity contribution in [2.24, 2.45) is 5.92 Å². The number of nitrogens with one attached hydrogen (secondary N) is 1. The van der Waals surface area contributed by atoms with Gasteiger partial charge in [0.1, 0.15) is 23.0 Å². The number of aromatic nitrogens is 1. The smallest absolute Gasteiger partial charge is 0.341 e. The van der Waals surface area contributed by atoms with E-state index in [1.165, 1.54) is 17.6 Å². The Morgan fingerprint density at radius 3 is 2.58 bits per heavy atom. The molecule has 2 heterocycles. The summed E-state index contributed by atoms with van der Waals surface area (Å²) in [6.45, 7) is 4.65. The molecule has 1 aliphatic rings. The molecular weight excluding hydrogens is 435 g/mol. The number of carbonyl (C=O) groups is 1. The minimum absolute atomic E-state index is 0.0167. The quantitative estimate of drug-likeness (QED) is 0.606. The molecule has 0 bridgehead atoms. The maximum atomic E-state index is 15.5. The Hall–Kier alpha value is -3.33. The molecule has 174 valence electrons. The molecule has 6 nitrogen and oxygen atoms in total. The molecule has 9 heteroatoms. The molecule has 2 aromatic carbocycles. The summed E-state index contributed by atoms with van der Waals surface area (Å²) in [5.41, 5.74) is -1.26. The zero-order valence-electron chi connectivity index (χ0n) is 18.5. The summed E-state index contributed by atoms with van der Waals surface area (Å²) < 4.78 is 44.9. The second kappa shape index (κ2) is 8.55. The first-order valence-corrected chi connectivity index (χ1v) is 10.6. The van der Waals surface area contributed by atoms with E-state index in [1.54, 1.807) is 0 Å². The maximum Gasteiger partial charge on any atom is 0.341 e. The average Bonchev–Trinajstić information content (AvgIpc) is 3.26. The summed E-state index contributed by atoms with van der Waals surface area (Å²) >= 11 is 0. The van der Waals surface area contributed by atoms with Gasteiger partial charge >= 0.3 is 5.97 Å². The van der Waals surface area contributed by atoms with E-state index in [0.29, 0.717) is 19.2 Å². The molecule has 0 aliphatic carbocycles. The van der Waals surface area contributed by atoms with E-state index < -0.39 is 34.4 Å². The number of hydrogen-bond acceptors (Lipinski definition) is 4. The van der Waals surface area contributed by atoms with Crippen LogP contribution in [0.4, 0.5) is 18.9 Å². The number of carboxylic acids is 1. The molecule has 1 aliphatic heterocycles. The van der Waals surface area contributed by atoms with Crippen molar-refractivity contribution >= 4 is 22.6 Å². The van der Waals surface area contributed by atoms with E-state index in [-0.39, 0.29) is 39.8 Å². The van der Waals surface area contributed by atoms with Gasteiger partial charge in [0, 0.05) is 37.0 Å². The van der Waals surface area contributed by atoms with Crippen LogP contribution in [-0.4, -0.2) is 41.8 Å². The van der Waals surface area contributed by atoms with Crippen LogP contribution in [0.3, 0.4) is 0 Å². The predicted octanol–water partition coefficient (Wildman–Crippen LogP) is 3.85. The summed E-state index contributed by atoms with van der Waals surface area (Å²) in [5.74, 6) is -3.60. The number of rotatable bonds is 5. The molecule has 4 rings (SSSR count). The number of pyridine rings is 1. The number of aromatic carboxylic acids is 1. The molecular formula is C24H24F3N3O3. The van der Waals surface area contributed by atoms with Gasteiger partial charge in [-0.25, -0.2) is 18.0 Å². The lowest BCUT2D eigenvalue weighted by atomic mass is 10.0. The number of aryl methyl sites for hydroxylation is 1. The molecule has 0 amide bonds. The van der Waals surface area contributed by atoms with E-state index in [1.807, 2.05) is 11.9 Å². The Morgan fingerprint density at radius 2 is 1.94 bits per heavy atom. The van der Waals surface area contributed by atoms with E-state index in [2.05, 4.69) is 12.2 Å². The number of halogens is 3. The zero-order chi connectivity index (χ0) is 24.0. The van der Waals surface area contributed by atoms with Crippen LogP contribution in [0.1, 0.15) is 29.3 Å². The third-order valence-electron chi connectivity index (χ3n) is 6.58. The number of fused-ring (bicyclic) bond motifs is 1. The molecule has 2 atom stereocenters. The minimum Gasteiger partial charge on any atom is -0.477 e. The maximum absolute atomic E-state index is 15.5. The lowest BCUT2D eigenvalue weighted by Gasteiger charge is -2.24. The van der Waals surface area contributed by atoms with Gasteiger partial charge in [0.25, 0.3) is 0 Å². The molecule has 1 saturated heterocycles. The van der Waals surface area contributed by atoms with Crippen LogP contribution in [0.25, 0.3) is 16.6 Å². The normalized spacial score (nSPS) is 17.0. The summed E-state index contributed by atoms with van der Waals surface area (Å²) in [7, 11) is 1.87. The Bertz CT molecular complexity index is 1320. The zero-order valence-corrected chi connectivity index (χ0v) is 18.5. The monoisotopic (exact) mass is 459 g/mol. The summed E-state index contributed by atoms with van der Waals surface area (Å²) in [6, 6.07) is 4.52. The number of benzene rings is 2. The fraction of sp³-hybridized carbons (Fsp3) is 0.333. The van der Waals surface area contributed by atoms with Crippen molar-refractivity contribution in [1.82, 2.24) is 9.88 Å². The Balaban J connectivity index is 2.00. The van der Waals surface area contributed by atoms with Gasteiger partial charge in [0.15, 0.2) is 0 Å². The standard InChI is InChI=1S/C24H24F3N3O3/c1-12-21-19(9-20(22(12)27)29-7-6-14(10-29)13(2)28-3)30(11-16(23(21)31)24(32)33)18-5-4-15(25)8-17(18)26/h4-5,8-9,11,13-14,28H,6-7,10H2,1-3H3,(H,32,33)/t13-,14-/m1/s1. The van der Waals surface area contributed by atoms with Crippen molar-refractivity contribution in [3.05, 3.63) is 69.3 Å². The van der Waals surface area contributed by atoms with Crippen LogP contribution in [0, 0.1) is 30.3 Å². The fourth-order valence-electron chi connectivity index (χ4n) is 4.54. The number of anilines is 1. The van der Waals surface area contributed by atoms with Crippen molar-refractivity contribution in [2.75, 3.05) is 25.0 Å². The van der Waals surface area contributed by atoms with Gasteiger partial charge in [0.05, 0.1) is 22.3 Å². The minimum atomic E-state index is -1.52. The van der Waals surface area contributed by atoms with Gasteiger partial charge in [-0.15, -0.1) is 0 Å². The van der Waals surface area contributed by atoms with E-state index in [0.717, 1.165) is 24.8 Å². The van der Waals surface area contributed by atoms with Crippen molar-refractivity contribution in [2.45, 2.75) is 26.3 Å². The van der Waals surface area contributed by atoms with Gasteiger partial charge < -0.3 is 19.9 Å². The summed E-state index contributed by atoms with van der Waals surface area (Å²) in [6.07, 6.45) is 1.84. The molecule has 1 aromatic heterocycles. The van der Waals surface area contributed by atoms with Crippen LogP contribution in [-0.2, 0) is 0 Å². The fourth-order valence-corrected chi connectivity index (χ4v) is 4.54. The first-order valence-electron chi connectivity index (χ1n) is 10.6. The first-order chi connectivity index (χ1) is 15.6. The van der Waals surface area contributed by atoms with Gasteiger partial charge in [-0.3, -0.25) is 4.79 Å². The van der Waals surface area contributed by atoms with Crippen molar-refractivity contribution in [3.8, 4) is 5.69 Å². The SMILES string of the molecule is CN[C@H](C)[C@@H]1CCN(c2cc3c(c(C)c2F)c(=O)c(C(=O)O)cn3-c2ccc(F)cc2F)C1. The van der Waals surface area contributed by atoms with E-state index >= 15 is 4.39 Å². The van der Waals surface area contributed by atoms with Crippen molar-refractivity contribution in [3.63, 3.8) is 0 Å². The number of carboxylic acid groups (broad SMARTS) is 1. The lowest BCUT2D eigenvalue weighted by molar-refractivity contribution is 0.0695. The number of nitrogens with zero attached hydrogens (tertiary/aromatic N) is 2. The Kier molecular flexibility index (Phi) is 5.92. The van der Waals surface area contributed by atoms with E-state index in [9.17, 15) is 23.5 Å². The highest BCUT2D eigenvalue weighted by Crippen LogP contribution is 2.34. The van der Waals surface area contributed by atoms with Crippen molar-refractivity contribution < 1.29 is 23.1 Å². The van der Waals surface area contributed by atoms with Gasteiger partial charge in [0.2, 0.25) is 5.43 Å². The highest BCUT2D eigenvalue weighted by Gasteiger charge is 2.30. The molecule has 3 aromatic rings. The van der Waals surface area contributed by atoms with Gasteiger partial charge in [-0.1, -0.05) is 0 Å². The highest BCUT2D eigenvalue weighted by molar-refractivity contribution is 5.95. The Labute approximate surface area is 188 Å². The second-order valence-electron chi connectivity index (χ2n) is 8.44. The molecule has 0 spiro atoms. The molecule has 0 unspecified atom stereocenters. The van der Waals surface area contributed by atoms with Crippen LogP contribution in [0.15, 0.2) is 35.3 Å². The van der Waals surface area contributed by atoms with Crippen LogP contribution in [0.2, 0.25) is 0 Å². The summed E-state index contributed by atoms with van der Waals surface area (Å²) in [4.78, 5) is 26.5.